The first kappa shape index (κ1) is 27.4. The highest BCUT2D eigenvalue weighted by molar-refractivity contribution is 8.00. The van der Waals surface area contributed by atoms with E-state index >= 15 is 0 Å². The predicted molar refractivity (Wildman–Crippen MR) is 163 cm³/mol. The molecule has 42 heavy (non-hydrogen) atoms. The number of anilines is 1. The zero-order valence-electron chi connectivity index (χ0n) is 22.9. The average Bonchev–Trinajstić information content (AvgIpc) is 3.33. The van der Waals surface area contributed by atoms with Crippen LogP contribution in [0.15, 0.2) is 103 Å². The number of rotatable bonds is 7. The van der Waals surface area contributed by atoms with Gasteiger partial charge in [0.25, 0.3) is 0 Å². The van der Waals surface area contributed by atoms with Crippen molar-refractivity contribution < 1.29 is 14.0 Å². The number of halogens is 1. The highest BCUT2D eigenvalue weighted by Crippen LogP contribution is 2.48. The third kappa shape index (κ3) is 5.69. The molecule has 210 valence electrons. The number of nitrogens with zero attached hydrogens (tertiary/aromatic N) is 4. The minimum atomic E-state index is -0.406. The molecule has 9 heteroatoms. The van der Waals surface area contributed by atoms with Crippen molar-refractivity contribution in [2.24, 2.45) is 0 Å². The van der Waals surface area contributed by atoms with Crippen LogP contribution >= 0.6 is 11.8 Å². The second-order valence-electron chi connectivity index (χ2n) is 10.1. The maximum atomic E-state index is 14.5. The van der Waals surface area contributed by atoms with E-state index in [-0.39, 0.29) is 36.5 Å². The number of thioether (sulfide) groups is 1. The van der Waals surface area contributed by atoms with Gasteiger partial charge >= 0.3 is 0 Å². The first-order valence-corrected chi connectivity index (χ1v) is 14.6. The second-order valence-corrected chi connectivity index (χ2v) is 11.2. The predicted octanol–water partition coefficient (Wildman–Crippen LogP) is 5.87. The van der Waals surface area contributed by atoms with E-state index in [4.69, 9.17) is 5.10 Å². The summed E-state index contributed by atoms with van der Waals surface area (Å²) in [6.07, 6.45) is 3.36. The second kappa shape index (κ2) is 12.0. The summed E-state index contributed by atoms with van der Waals surface area (Å²) in [6, 6.07) is 27.7. The lowest BCUT2D eigenvalue weighted by Gasteiger charge is -2.23. The zero-order valence-corrected chi connectivity index (χ0v) is 23.7. The number of amides is 2. The fourth-order valence-corrected chi connectivity index (χ4v) is 6.29. The molecule has 2 amide bonds. The number of aromatic nitrogens is 3. The van der Waals surface area contributed by atoms with E-state index in [0.717, 1.165) is 33.5 Å². The molecule has 3 aromatic carbocycles. The Hall–Kier alpha value is -4.76. The van der Waals surface area contributed by atoms with Crippen LogP contribution in [0.2, 0.25) is 0 Å². The largest absolute Gasteiger partial charge is 0.350 e. The summed E-state index contributed by atoms with van der Waals surface area (Å²) >= 11 is 1.41. The molecule has 0 fully saturated rings. The van der Waals surface area contributed by atoms with E-state index < -0.39 is 5.25 Å². The van der Waals surface area contributed by atoms with Crippen molar-refractivity contribution in [2.45, 2.75) is 18.7 Å². The number of nitrogens with one attached hydrogen (secondary N) is 1. The van der Waals surface area contributed by atoms with Crippen LogP contribution < -0.4 is 10.2 Å². The van der Waals surface area contributed by atoms with Gasteiger partial charge in [0.15, 0.2) is 0 Å². The third-order valence-electron chi connectivity index (χ3n) is 7.05. The van der Waals surface area contributed by atoms with Crippen molar-refractivity contribution in [3.63, 3.8) is 0 Å². The normalized spacial score (nSPS) is 14.8. The Morgan fingerprint density at radius 2 is 1.86 bits per heavy atom. The topological polar surface area (TPSA) is 80.1 Å². The molecule has 5 aromatic rings. The van der Waals surface area contributed by atoms with Crippen molar-refractivity contribution in [2.75, 3.05) is 17.2 Å². The fraction of sp³-hybridized carbons (Fsp3) is 0.152. The highest BCUT2D eigenvalue weighted by atomic mass is 32.2. The molecule has 6 rings (SSSR count). The summed E-state index contributed by atoms with van der Waals surface area (Å²) in [5.74, 6) is -0.298. The summed E-state index contributed by atoms with van der Waals surface area (Å²) in [5, 5.41) is 7.59. The molecule has 3 heterocycles. The molecule has 1 N–H and O–H groups in total. The van der Waals surface area contributed by atoms with Crippen LogP contribution in [0.25, 0.3) is 16.9 Å². The van der Waals surface area contributed by atoms with E-state index in [9.17, 15) is 14.0 Å². The van der Waals surface area contributed by atoms with Crippen molar-refractivity contribution >= 4 is 29.4 Å². The number of hydrogen-bond donors (Lipinski definition) is 1. The molecule has 1 aliphatic rings. The number of pyridine rings is 1. The summed E-state index contributed by atoms with van der Waals surface area (Å²) in [4.78, 5) is 32.8. The van der Waals surface area contributed by atoms with Crippen molar-refractivity contribution in [1.29, 1.82) is 0 Å². The van der Waals surface area contributed by atoms with Crippen LogP contribution in [0.1, 0.15) is 27.5 Å². The lowest BCUT2D eigenvalue weighted by atomic mass is 9.99. The maximum Gasteiger partial charge on any atom is 0.240 e. The number of carbonyl (C=O) groups excluding carboxylic acids is 2. The Bertz CT molecular complexity index is 1740. The minimum absolute atomic E-state index is 0.105. The van der Waals surface area contributed by atoms with Crippen LogP contribution in [0.3, 0.4) is 0 Å². The molecule has 0 radical (unpaired) electrons. The Kier molecular flexibility index (Phi) is 7.83. The van der Waals surface area contributed by atoms with E-state index in [2.05, 4.69) is 10.3 Å². The van der Waals surface area contributed by atoms with Gasteiger partial charge in [-0.25, -0.2) is 9.07 Å². The standard InChI is InChI=1S/C33H28FN5O2S/c1-22-8-5-14-27(16-22)39-33-30(31(37-39)24-10-3-2-4-11-24)32(25-12-6-13-26(34)17-25)42-21-29(41)38(33)20-28(40)36-19-23-9-7-15-35-18-23/h2-18,32H,19-21H2,1H3,(H,36,40)/t32-/m1/s1. The minimum Gasteiger partial charge on any atom is -0.350 e. The molecule has 0 saturated heterocycles. The number of fused-ring (bicyclic) bond motifs is 1. The number of aryl methyl sites for hydroxylation is 1. The number of hydrogen-bond acceptors (Lipinski definition) is 5. The molecule has 0 spiro atoms. The molecular formula is C33H28FN5O2S. The molecule has 0 saturated carbocycles. The third-order valence-corrected chi connectivity index (χ3v) is 8.30. The van der Waals surface area contributed by atoms with Crippen molar-refractivity contribution in [3.05, 3.63) is 131 Å². The van der Waals surface area contributed by atoms with Gasteiger partial charge in [-0.05, 0) is 53.9 Å². The molecular weight excluding hydrogens is 549 g/mol. The Morgan fingerprint density at radius 3 is 2.62 bits per heavy atom. The first-order chi connectivity index (χ1) is 20.5. The van der Waals surface area contributed by atoms with Gasteiger partial charge in [-0.2, -0.15) is 5.10 Å². The fourth-order valence-electron chi connectivity index (χ4n) is 5.10. The summed E-state index contributed by atoms with van der Waals surface area (Å²) in [6.45, 7) is 2.08. The molecule has 0 unspecified atom stereocenters. The van der Waals surface area contributed by atoms with Crippen LogP contribution in [-0.2, 0) is 16.1 Å². The Morgan fingerprint density at radius 1 is 1.02 bits per heavy atom. The lowest BCUT2D eigenvalue weighted by Crippen LogP contribution is -2.42. The van der Waals surface area contributed by atoms with Crippen LogP contribution in [0.4, 0.5) is 10.2 Å². The van der Waals surface area contributed by atoms with Gasteiger partial charge in [0.1, 0.15) is 18.2 Å². The quantitative estimate of drug-likeness (QED) is 0.262. The summed E-state index contributed by atoms with van der Waals surface area (Å²) in [5.41, 5.74) is 5.64. The Balaban J connectivity index is 1.52. The van der Waals surface area contributed by atoms with Crippen LogP contribution in [0.5, 0.6) is 0 Å². The van der Waals surface area contributed by atoms with E-state index in [1.807, 2.05) is 73.7 Å². The van der Waals surface area contributed by atoms with Gasteiger partial charge in [0, 0.05) is 30.1 Å². The summed E-state index contributed by atoms with van der Waals surface area (Å²) in [7, 11) is 0. The van der Waals surface area contributed by atoms with E-state index in [0.29, 0.717) is 11.5 Å². The van der Waals surface area contributed by atoms with Gasteiger partial charge in [0.05, 0.1) is 22.4 Å². The van der Waals surface area contributed by atoms with Crippen LogP contribution in [-0.4, -0.2) is 38.9 Å². The van der Waals surface area contributed by atoms with Crippen molar-refractivity contribution in [3.8, 4) is 16.9 Å². The highest BCUT2D eigenvalue weighted by Gasteiger charge is 2.37. The van der Waals surface area contributed by atoms with Gasteiger partial charge in [0.2, 0.25) is 11.8 Å². The smallest absolute Gasteiger partial charge is 0.240 e. The van der Waals surface area contributed by atoms with Gasteiger partial charge in [-0.3, -0.25) is 19.5 Å². The maximum absolute atomic E-state index is 14.5. The van der Waals surface area contributed by atoms with Gasteiger partial charge in [-0.15, -0.1) is 11.8 Å². The van der Waals surface area contributed by atoms with Crippen molar-refractivity contribution in [1.82, 2.24) is 20.1 Å². The molecule has 0 aliphatic carbocycles. The summed E-state index contributed by atoms with van der Waals surface area (Å²) < 4.78 is 16.3. The molecule has 2 aromatic heterocycles. The molecule has 0 bridgehead atoms. The average molecular weight is 578 g/mol. The van der Waals surface area contributed by atoms with Gasteiger partial charge < -0.3 is 5.32 Å². The monoisotopic (exact) mass is 577 g/mol. The zero-order chi connectivity index (χ0) is 29.1. The van der Waals surface area contributed by atoms with E-state index in [1.54, 1.807) is 29.2 Å². The molecule has 7 nitrogen and oxygen atoms in total. The number of carbonyl (C=O) groups is 2. The number of benzene rings is 3. The SMILES string of the molecule is Cc1cccc(-n2nc(-c3ccccc3)c3c2N(CC(=O)NCc2cccnc2)C(=O)CS[C@@H]3c2cccc(F)c2)c1. The lowest BCUT2D eigenvalue weighted by molar-refractivity contribution is -0.123. The van der Waals surface area contributed by atoms with Crippen LogP contribution in [0, 0.1) is 12.7 Å². The Labute approximate surface area is 247 Å². The van der Waals surface area contributed by atoms with E-state index in [1.165, 1.54) is 28.8 Å². The first-order valence-electron chi connectivity index (χ1n) is 13.6. The molecule has 1 atom stereocenters. The van der Waals surface area contributed by atoms with Gasteiger partial charge in [-0.1, -0.05) is 60.7 Å². The molecule has 1 aliphatic heterocycles.